The van der Waals surface area contributed by atoms with Gasteiger partial charge < -0.3 is 10.0 Å². The van der Waals surface area contributed by atoms with Crippen LogP contribution in [0.1, 0.15) is 12.5 Å². The first-order valence-corrected chi connectivity index (χ1v) is 5.41. The first-order valence-electron chi connectivity index (χ1n) is 5.41. The Labute approximate surface area is 98.7 Å². The van der Waals surface area contributed by atoms with Crippen LogP contribution in [0.25, 0.3) is 0 Å². The van der Waals surface area contributed by atoms with E-state index >= 15 is 0 Å². The maximum absolute atomic E-state index is 12.3. The van der Waals surface area contributed by atoms with Crippen LogP contribution in [0.5, 0.6) is 0 Å². The quantitative estimate of drug-likeness (QED) is 0.884. The normalized spacial score (nSPS) is 13.5. The summed E-state index contributed by atoms with van der Waals surface area (Å²) in [6, 6.07) is 7.19. The first kappa shape index (κ1) is 13.8. The average Bonchev–Trinajstić information content (AvgIpc) is 2.24. The molecule has 0 spiro atoms. The van der Waals surface area contributed by atoms with Gasteiger partial charge in [0.25, 0.3) is 0 Å². The van der Waals surface area contributed by atoms with E-state index in [0.717, 1.165) is 5.56 Å². The Hall–Kier alpha value is -1.23. The van der Waals surface area contributed by atoms with E-state index in [4.69, 9.17) is 5.11 Å². The molecule has 0 saturated heterocycles. The van der Waals surface area contributed by atoms with Gasteiger partial charge in [-0.2, -0.15) is 13.2 Å². The molecule has 0 bridgehead atoms. The fraction of sp³-hybridized carbons (Fsp3) is 0.500. The van der Waals surface area contributed by atoms with E-state index in [9.17, 15) is 13.2 Å². The number of likely N-dealkylation sites (N-methyl/N-ethyl adjacent to an activating group) is 1. The number of aliphatic hydroxyl groups is 1. The highest BCUT2D eigenvalue weighted by Crippen LogP contribution is 2.23. The van der Waals surface area contributed by atoms with Gasteiger partial charge >= 0.3 is 6.18 Å². The van der Waals surface area contributed by atoms with Gasteiger partial charge in [0.1, 0.15) is 0 Å². The number of aliphatic hydroxyl groups excluding tert-OH is 1. The lowest BCUT2D eigenvalue weighted by Crippen LogP contribution is -2.41. The summed E-state index contributed by atoms with van der Waals surface area (Å²) < 4.78 is 36.8. The summed E-state index contributed by atoms with van der Waals surface area (Å²) in [4.78, 5) is 1.51. The standard InChI is InChI=1S/C12H16F3NO/c1-3-16(8-11(17)12(13,14)15)10-6-4-5-9(2)7-10/h4-7,11,17H,3,8H2,1-2H3. The summed E-state index contributed by atoms with van der Waals surface area (Å²) >= 11 is 0. The fourth-order valence-electron chi connectivity index (χ4n) is 1.55. The SMILES string of the molecule is CCN(CC(O)C(F)(F)F)c1cccc(C)c1. The van der Waals surface area contributed by atoms with Gasteiger partial charge in [0, 0.05) is 12.2 Å². The molecule has 0 fully saturated rings. The minimum absolute atomic E-state index is 0.413. The molecule has 96 valence electrons. The average molecular weight is 247 g/mol. The number of hydrogen-bond donors (Lipinski definition) is 1. The van der Waals surface area contributed by atoms with Crippen molar-refractivity contribution in [1.82, 2.24) is 0 Å². The molecule has 1 atom stereocenters. The highest BCUT2D eigenvalue weighted by atomic mass is 19.4. The van der Waals surface area contributed by atoms with Gasteiger partial charge in [-0.3, -0.25) is 0 Å². The molecule has 1 N–H and O–H groups in total. The van der Waals surface area contributed by atoms with Gasteiger partial charge in [-0.15, -0.1) is 0 Å². The van der Waals surface area contributed by atoms with Gasteiger partial charge in [0.2, 0.25) is 0 Å². The van der Waals surface area contributed by atoms with Crippen molar-refractivity contribution in [3.63, 3.8) is 0 Å². The zero-order valence-corrected chi connectivity index (χ0v) is 9.83. The number of benzene rings is 1. The van der Waals surface area contributed by atoms with E-state index in [-0.39, 0.29) is 0 Å². The molecule has 0 amide bonds. The molecular formula is C12H16F3NO. The summed E-state index contributed by atoms with van der Waals surface area (Å²) in [5.74, 6) is 0. The Bertz CT molecular complexity index is 365. The van der Waals surface area contributed by atoms with E-state index in [1.54, 1.807) is 25.1 Å². The van der Waals surface area contributed by atoms with Crippen molar-refractivity contribution in [3.8, 4) is 0 Å². The van der Waals surface area contributed by atoms with E-state index < -0.39 is 18.8 Å². The molecule has 2 nitrogen and oxygen atoms in total. The third kappa shape index (κ3) is 3.93. The number of hydrogen-bond acceptors (Lipinski definition) is 2. The first-order chi connectivity index (χ1) is 7.84. The van der Waals surface area contributed by atoms with Crippen LogP contribution < -0.4 is 4.90 Å². The number of alkyl halides is 3. The Morgan fingerprint density at radius 3 is 2.47 bits per heavy atom. The van der Waals surface area contributed by atoms with Crippen LogP contribution in [0.3, 0.4) is 0 Å². The summed E-state index contributed by atoms with van der Waals surface area (Å²) in [5.41, 5.74) is 1.67. The van der Waals surface area contributed by atoms with Crippen molar-refractivity contribution < 1.29 is 18.3 Å². The molecule has 1 aromatic rings. The van der Waals surface area contributed by atoms with Crippen molar-refractivity contribution in [2.24, 2.45) is 0 Å². The van der Waals surface area contributed by atoms with Crippen molar-refractivity contribution in [2.45, 2.75) is 26.1 Å². The highest BCUT2D eigenvalue weighted by Gasteiger charge is 2.39. The number of rotatable bonds is 4. The summed E-state index contributed by atoms with van der Waals surface area (Å²) in [5, 5.41) is 9.05. The highest BCUT2D eigenvalue weighted by molar-refractivity contribution is 5.48. The molecule has 0 radical (unpaired) electrons. The Morgan fingerprint density at radius 2 is 2.00 bits per heavy atom. The van der Waals surface area contributed by atoms with Crippen LogP contribution in [0.4, 0.5) is 18.9 Å². The van der Waals surface area contributed by atoms with Gasteiger partial charge in [-0.1, -0.05) is 12.1 Å². The van der Waals surface area contributed by atoms with E-state index in [1.807, 2.05) is 13.0 Å². The summed E-state index contributed by atoms with van der Waals surface area (Å²) in [6.45, 7) is 3.60. The molecule has 1 rings (SSSR count). The minimum Gasteiger partial charge on any atom is -0.382 e. The maximum Gasteiger partial charge on any atom is 0.416 e. The van der Waals surface area contributed by atoms with Gasteiger partial charge in [0.15, 0.2) is 6.10 Å². The van der Waals surface area contributed by atoms with Gasteiger partial charge in [0.05, 0.1) is 6.54 Å². The predicted octanol–water partition coefficient (Wildman–Crippen LogP) is 2.74. The molecule has 0 aliphatic heterocycles. The molecule has 1 aromatic carbocycles. The second-order valence-electron chi connectivity index (χ2n) is 3.94. The zero-order valence-electron chi connectivity index (χ0n) is 9.83. The zero-order chi connectivity index (χ0) is 13.1. The minimum atomic E-state index is -4.57. The van der Waals surface area contributed by atoms with E-state index in [1.165, 1.54) is 4.90 Å². The predicted molar refractivity (Wildman–Crippen MR) is 61.1 cm³/mol. The molecule has 0 aromatic heterocycles. The third-order valence-corrected chi connectivity index (χ3v) is 2.52. The van der Waals surface area contributed by atoms with Crippen molar-refractivity contribution in [1.29, 1.82) is 0 Å². The lowest BCUT2D eigenvalue weighted by atomic mass is 10.2. The van der Waals surface area contributed by atoms with Gasteiger partial charge in [-0.05, 0) is 31.5 Å². The smallest absolute Gasteiger partial charge is 0.382 e. The van der Waals surface area contributed by atoms with Crippen molar-refractivity contribution in [2.75, 3.05) is 18.0 Å². The number of nitrogens with zero attached hydrogens (tertiary/aromatic N) is 1. The van der Waals surface area contributed by atoms with Crippen molar-refractivity contribution >= 4 is 5.69 Å². The van der Waals surface area contributed by atoms with Crippen LogP contribution in [0.2, 0.25) is 0 Å². The molecule has 1 unspecified atom stereocenters. The number of halogens is 3. The maximum atomic E-state index is 12.3. The number of anilines is 1. The van der Waals surface area contributed by atoms with Crippen molar-refractivity contribution in [3.05, 3.63) is 29.8 Å². The lowest BCUT2D eigenvalue weighted by molar-refractivity contribution is -0.200. The van der Waals surface area contributed by atoms with E-state index in [2.05, 4.69) is 0 Å². The Balaban J connectivity index is 2.79. The third-order valence-electron chi connectivity index (χ3n) is 2.52. The second kappa shape index (κ2) is 5.40. The molecule has 17 heavy (non-hydrogen) atoms. The summed E-state index contributed by atoms with van der Waals surface area (Å²) in [7, 11) is 0. The van der Waals surface area contributed by atoms with Crippen LogP contribution in [0, 0.1) is 6.92 Å². The van der Waals surface area contributed by atoms with E-state index in [0.29, 0.717) is 12.2 Å². The largest absolute Gasteiger partial charge is 0.416 e. The van der Waals surface area contributed by atoms with Crippen LogP contribution >= 0.6 is 0 Å². The van der Waals surface area contributed by atoms with Crippen LogP contribution in [0.15, 0.2) is 24.3 Å². The molecule has 0 heterocycles. The second-order valence-corrected chi connectivity index (χ2v) is 3.94. The Kier molecular flexibility index (Phi) is 4.40. The molecule has 0 saturated carbocycles. The molecule has 5 heteroatoms. The van der Waals surface area contributed by atoms with Crippen LogP contribution in [-0.4, -0.2) is 30.5 Å². The monoisotopic (exact) mass is 247 g/mol. The molecule has 0 aliphatic carbocycles. The topological polar surface area (TPSA) is 23.5 Å². The van der Waals surface area contributed by atoms with Crippen LogP contribution in [-0.2, 0) is 0 Å². The number of aryl methyl sites for hydroxylation is 1. The summed E-state index contributed by atoms with van der Waals surface area (Å²) in [6.07, 6.45) is -6.89. The molecular weight excluding hydrogens is 231 g/mol. The molecule has 0 aliphatic rings. The Morgan fingerprint density at radius 1 is 1.35 bits per heavy atom. The lowest BCUT2D eigenvalue weighted by Gasteiger charge is -2.27. The fourth-order valence-corrected chi connectivity index (χ4v) is 1.55. The van der Waals surface area contributed by atoms with Gasteiger partial charge in [-0.25, -0.2) is 0 Å².